The summed E-state index contributed by atoms with van der Waals surface area (Å²) in [5, 5.41) is 5.45. The van der Waals surface area contributed by atoms with Crippen LogP contribution in [-0.4, -0.2) is 36.3 Å². The monoisotopic (exact) mass is 187 g/mol. The van der Waals surface area contributed by atoms with Gasteiger partial charge in [0, 0.05) is 13.6 Å². The summed E-state index contributed by atoms with van der Waals surface area (Å²) in [6, 6.07) is 0. The molecule has 76 valence electrons. The van der Waals surface area contributed by atoms with Crippen LogP contribution in [0.25, 0.3) is 0 Å². The lowest BCUT2D eigenvalue weighted by Gasteiger charge is -2.20. The first kappa shape index (κ1) is 10.3. The molecule has 0 fully saturated rings. The molecular formula is C9H18FN3. The summed E-state index contributed by atoms with van der Waals surface area (Å²) < 4.78 is 13.2. The predicted molar refractivity (Wildman–Crippen MR) is 52.0 cm³/mol. The number of hydrogen-bond donors (Lipinski definition) is 0. The second-order valence-corrected chi connectivity index (χ2v) is 3.43. The Balaban J connectivity index is 2.12. The lowest BCUT2D eigenvalue weighted by Crippen LogP contribution is -2.33. The fourth-order valence-corrected chi connectivity index (χ4v) is 1.33. The number of halogens is 1. The van der Waals surface area contributed by atoms with E-state index in [0.29, 0.717) is 0 Å². The fraction of sp³-hybridized carbons (Fsp3) is 0.889. The normalized spacial score (nSPS) is 21.6. The molecule has 0 bridgehead atoms. The Morgan fingerprint density at radius 3 is 2.69 bits per heavy atom. The number of nitrogens with zero attached hydrogens (tertiary/aromatic N) is 3. The van der Waals surface area contributed by atoms with Gasteiger partial charge in [-0.1, -0.05) is 26.2 Å². The molecule has 0 spiro atoms. The van der Waals surface area contributed by atoms with Crippen LogP contribution in [0.15, 0.2) is 5.10 Å². The van der Waals surface area contributed by atoms with E-state index in [4.69, 9.17) is 0 Å². The van der Waals surface area contributed by atoms with Gasteiger partial charge in [-0.2, -0.15) is 9.49 Å². The van der Waals surface area contributed by atoms with Crippen molar-refractivity contribution in [3.63, 3.8) is 0 Å². The Hall–Kier alpha value is -0.800. The second-order valence-electron chi connectivity index (χ2n) is 3.43. The summed E-state index contributed by atoms with van der Waals surface area (Å²) in [5.41, 5.74) is 0. The minimum absolute atomic E-state index is 0.724. The van der Waals surface area contributed by atoms with Gasteiger partial charge in [0.05, 0.1) is 0 Å². The predicted octanol–water partition coefficient (Wildman–Crippen LogP) is 2.01. The molecule has 0 radical (unpaired) electrons. The van der Waals surface area contributed by atoms with Crippen molar-refractivity contribution in [2.75, 3.05) is 13.6 Å². The zero-order chi connectivity index (χ0) is 9.68. The molecule has 1 rings (SSSR count). The minimum atomic E-state index is -1.05. The molecule has 1 heterocycles. The molecule has 0 amide bonds. The standard InChI is InChI=1S/C9H18FN3/c1-3-4-5-6-7-13-9(10)12(2)8-11-13/h8-9H,3-7H2,1-2H3. The number of hydrogen-bond acceptors (Lipinski definition) is 3. The maximum Gasteiger partial charge on any atom is 0.264 e. The Bertz CT molecular complexity index is 172. The average Bonchev–Trinajstić information content (AvgIpc) is 2.43. The molecular weight excluding hydrogens is 169 g/mol. The lowest BCUT2D eigenvalue weighted by atomic mass is 10.2. The molecule has 0 N–H and O–H groups in total. The number of alkyl halides is 1. The summed E-state index contributed by atoms with van der Waals surface area (Å²) in [5.74, 6) is 0. The van der Waals surface area contributed by atoms with Crippen molar-refractivity contribution < 1.29 is 4.39 Å². The van der Waals surface area contributed by atoms with Crippen molar-refractivity contribution in [1.29, 1.82) is 0 Å². The van der Waals surface area contributed by atoms with Crippen LogP contribution >= 0.6 is 0 Å². The van der Waals surface area contributed by atoms with E-state index < -0.39 is 6.42 Å². The summed E-state index contributed by atoms with van der Waals surface area (Å²) in [4.78, 5) is 1.47. The first-order valence-electron chi connectivity index (χ1n) is 4.92. The van der Waals surface area contributed by atoms with Crippen molar-refractivity contribution in [1.82, 2.24) is 9.91 Å². The van der Waals surface area contributed by atoms with Crippen LogP contribution in [0, 0.1) is 0 Å². The summed E-state index contributed by atoms with van der Waals surface area (Å²) in [6.45, 7) is 2.89. The van der Waals surface area contributed by atoms with Gasteiger partial charge in [-0.25, -0.2) is 5.01 Å². The van der Waals surface area contributed by atoms with E-state index >= 15 is 0 Å². The number of unbranched alkanes of at least 4 members (excludes halogenated alkanes) is 3. The Kier molecular flexibility index (Phi) is 3.99. The summed E-state index contributed by atoms with van der Waals surface area (Å²) in [7, 11) is 1.69. The topological polar surface area (TPSA) is 18.8 Å². The van der Waals surface area contributed by atoms with Crippen LogP contribution < -0.4 is 0 Å². The molecule has 1 aliphatic heterocycles. The first-order chi connectivity index (χ1) is 6.25. The molecule has 13 heavy (non-hydrogen) atoms. The van der Waals surface area contributed by atoms with E-state index in [0.717, 1.165) is 13.0 Å². The van der Waals surface area contributed by atoms with Gasteiger partial charge >= 0.3 is 0 Å². The third kappa shape index (κ3) is 2.86. The highest BCUT2D eigenvalue weighted by atomic mass is 19.1. The van der Waals surface area contributed by atoms with Crippen LogP contribution in [0.5, 0.6) is 0 Å². The van der Waals surface area contributed by atoms with E-state index in [2.05, 4.69) is 12.0 Å². The number of hydrazone groups is 1. The van der Waals surface area contributed by atoms with Crippen LogP contribution in [0.4, 0.5) is 4.39 Å². The van der Waals surface area contributed by atoms with Crippen molar-refractivity contribution in [3.8, 4) is 0 Å². The fourth-order valence-electron chi connectivity index (χ4n) is 1.33. The lowest BCUT2D eigenvalue weighted by molar-refractivity contribution is 0.0261. The average molecular weight is 187 g/mol. The highest BCUT2D eigenvalue weighted by molar-refractivity contribution is 5.55. The Morgan fingerprint density at radius 2 is 2.15 bits per heavy atom. The molecule has 0 aromatic rings. The molecule has 1 unspecified atom stereocenters. The van der Waals surface area contributed by atoms with Gasteiger partial charge in [0.15, 0.2) is 0 Å². The maximum absolute atomic E-state index is 13.2. The van der Waals surface area contributed by atoms with Gasteiger partial charge in [0.2, 0.25) is 0 Å². The molecule has 0 saturated heterocycles. The van der Waals surface area contributed by atoms with Crippen LogP contribution in [0.3, 0.4) is 0 Å². The largest absolute Gasteiger partial charge is 0.316 e. The molecule has 4 heteroatoms. The second kappa shape index (κ2) is 5.04. The summed E-state index contributed by atoms with van der Waals surface area (Å²) >= 11 is 0. The molecule has 0 aromatic heterocycles. The molecule has 1 aliphatic rings. The van der Waals surface area contributed by atoms with E-state index in [1.165, 1.54) is 35.5 Å². The van der Waals surface area contributed by atoms with Gasteiger partial charge in [-0.05, 0) is 6.42 Å². The molecule has 0 saturated carbocycles. The van der Waals surface area contributed by atoms with Crippen molar-refractivity contribution in [2.24, 2.45) is 5.10 Å². The van der Waals surface area contributed by atoms with Crippen molar-refractivity contribution in [2.45, 2.75) is 39.0 Å². The Morgan fingerprint density at radius 1 is 1.38 bits per heavy atom. The summed E-state index contributed by atoms with van der Waals surface area (Å²) in [6.07, 6.45) is 5.11. The van der Waals surface area contributed by atoms with E-state index in [1.54, 1.807) is 7.05 Å². The van der Waals surface area contributed by atoms with Crippen molar-refractivity contribution >= 4 is 6.34 Å². The highest BCUT2D eigenvalue weighted by Crippen LogP contribution is 2.12. The third-order valence-corrected chi connectivity index (χ3v) is 2.20. The molecule has 0 aromatic carbocycles. The zero-order valence-electron chi connectivity index (χ0n) is 8.41. The zero-order valence-corrected chi connectivity index (χ0v) is 8.41. The number of rotatable bonds is 5. The quantitative estimate of drug-likeness (QED) is 0.484. The highest BCUT2D eigenvalue weighted by Gasteiger charge is 2.23. The SMILES string of the molecule is CCCCCCN1N=CN(C)C1F. The molecule has 3 nitrogen and oxygen atoms in total. The molecule has 1 atom stereocenters. The van der Waals surface area contributed by atoms with Gasteiger partial charge in [-0.15, -0.1) is 0 Å². The van der Waals surface area contributed by atoms with Crippen LogP contribution in [0.2, 0.25) is 0 Å². The Labute approximate surface area is 79.2 Å². The minimum Gasteiger partial charge on any atom is -0.316 e. The van der Waals surface area contributed by atoms with Gasteiger partial charge in [0.25, 0.3) is 6.42 Å². The van der Waals surface area contributed by atoms with Crippen LogP contribution in [0.1, 0.15) is 32.6 Å². The van der Waals surface area contributed by atoms with Crippen molar-refractivity contribution in [3.05, 3.63) is 0 Å². The van der Waals surface area contributed by atoms with Gasteiger partial charge < -0.3 is 4.90 Å². The van der Waals surface area contributed by atoms with Gasteiger partial charge in [0.1, 0.15) is 6.34 Å². The van der Waals surface area contributed by atoms with E-state index in [-0.39, 0.29) is 0 Å². The molecule has 0 aliphatic carbocycles. The smallest absolute Gasteiger partial charge is 0.264 e. The maximum atomic E-state index is 13.2. The van der Waals surface area contributed by atoms with Crippen LogP contribution in [-0.2, 0) is 0 Å². The first-order valence-corrected chi connectivity index (χ1v) is 4.92. The third-order valence-electron chi connectivity index (χ3n) is 2.20. The van der Waals surface area contributed by atoms with Gasteiger partial charge in [-0.3, -0.25) is 0 Å². The van der Waals surface area contributed by atoms with E-state index in [9.17, 15) is 4.39 Å². The van der Waals surface area contributed by atoms with E-state index in [1.807, 2.05) is 0 Å².